The standard InChI is InChI=1S/C32H26F6N2O4/c1-29(2,3)15-7-9-17(23(11-15)31(33,34)35)18-10-8-16(12-24(18)32(36,37)38)39-25(41)19-13-21-22(14-20(19)26(39)42)28(44)40(27(21)43)30(4,5)6/h7-14H,1-6H3. The molecular weight excluding hydrogens is 590 g/mol. The van der Waals surface area contributed by atoms with Gasteiger partial charge in [0.15, 0.2) is 0 Å². The van der Waals surface area contributed by atoms with Crippen LogP contribution in [0.4, 0.5) is 26.3 Å². The Morgan fingerprint density at radius 1 is 0.523 bits per heavy atom. The van der Waals surface area contributed by atoms with E-state index in [1.165, 1.54) is 6.07 Å². The van der Waals surface area contributed by atoms with Gasteiger partial charge in [0.1, 0.15) is 0 Å². The highest BCUT2D eigenvalue weighted by Gasteiger charge is 2.39. The Kier molecular flexibility index (Phi) is 6.69. The van der Waals surface area contributed by atoms with Crippen molar-refractivity contribution >= 4 is 21.5 Å². The van der Waals surface area contributed by atoms with Gasteiger partial charge in [-0.3, -0.25) is 23.7 Å². The summed E-state index contributed by atoms with van der Waals surface area (Å²) in [6, 6.07) is 7.45. The number of aromatic nitrogens is 2. The fourth-order valence-corrected chi connectivity index (χ4v) is 5.44. The third-order valence-electron chi connectivity index (χ3n) is 7.61. The van der Waals surface area contributed by atoms with Crippen molar-refractivity contribution in [1.29, 1.82) is 0 Å². The number of benzene rings is 3. The zero-order valence-electron chi connectivity index (χ0n) is 24.4. The summed E-state index contributed by atoms with van der Waals surface area (Å²) in [4.78, 5) is 52.7. The Hall–Kier alpha value is -4.48. The van der Waals surface area contributed by atoms with E-state index in [9.17, 15) is 45.5 Å². The molecule has 5 aromatic rings. The Balaban J connectivity index is 1.78. The van der Waals surface area contributed by atoms with Crippen LogP contribution in [0.25, 0.3) is 38.4 Å². The molecule has 0 aliphatic heterocycles. The molecule has 0 bridgehead atoms. The lowest BCUT2D eigenvalue weighted by molar-refractivity contribution is -0.139. The highest BCUT2D eigenvalue weighted by Crippen LogP contribution is 2.44. The smallest absolute Gasteiger partial charge is 0.269 e. The molecule has 0 saturated carbocycles. The van der Waals surface area contributed by atoms with Gasteiger partial charge in [0.2, 0.25) is 0 Å². The van der Waals surface area contributed by atoms with Gasteiger partial charge >= 0.3 is 12.4 Å². The highest BCUT2D eigenvalue weighted by molar-refractivity contribution is 5.98. The lowest BCUT2D eigenvalue weighted by Gasteiger charge is -2.23. The van der Waals surface area contributed by atoms with E-state index in [-0.39, 0.29) is 27.1 Å². The average molecular weight is 617 g/mol. The Morgan fingerprint density at radius 3 is 1.34 bits per heavy atom. The molecule has 0 amide bonds. The summed E-state index contributed by atoms with van der Waals surface area (Å²) in [5, 5.41) is -0.839. The summed E-state index contributed by atoms with van der Waals surface area (Å²) in [6.07, 6.45) is -10.2. The van der Waals surface area contributed by atoms with Crippen LogP contribution in [-0.4, -0.2) is 9.13 Å². The number of halogens is 6. The SMILES string of the molecule is CC(C)(C)c1ccc(-c2ccc(-n3c(=O)c4cc5c(=O)n(C(C)(C)C)c(=O)c5cc4c3=O)cc2C(F)(F)F)c(C(F)(F)F)c1. The second kappa shape index (κ2) is 9.51. The minimum atomic E-state index is -5.17. The van der Waals surface area contributed by atoms with Gasteiger partial charge in [-0.25, -0.2) is 4.57 Å². The normalized spacial score (nSPS) is 13.4. The first-order valence-electron chi connectivity index (χ1n) is 13.4. The topological polar surface area (TPSA) is 78.1 Å². The Bertz CT molecular complexity index is 2120. The first kappa shape index (κ1) is 31.0. The van der Waals surface area contributed by atoms with E-state index >= 15 is 0 Å². The summed E-state index contributed by atoms with van der Waals surface area (Å²) < 4.78 is 87.0. The van der Waals surface area contributed by atoms with E-state index in [4.69, 9.17) is 0 Å². The Labute approximate surface area is 245 Å². The molecule has 0 radical (unpaired) electrons. The summed E-state index contributed by atoms with van der Waals surface area (Å²) >= 11 is 0. The fourth-order valence-electron chi connectivity index (χ4n) is 5.44. The van der Waals surface area contributed by atoms with Crippen LogP contribution in [0.1, 0.15) is 58.2 Å². The van der Waals surface area contributed by atoms with Gasteiger partial charge in [-0.15, -0.1) is 0 Å². The summed E-state index contributed by atoms with van der Waals surface area (Å²) in [5.74, 6) is 0. The molecule has 5 rings (SSSR count). The first-order chi connectivity index (χ1) is 20.0. The molecule has 0 N–H and O–H groups in total. The van der Waals surface area contributed by atoms with Crippen molar-refractivity contribution < 1.29 is 26.3 Å². The van der Waals surface area contributed by atoms with E-state index in [1.807, 2.05) is 0 Å². The van der Waals surface area contributed by atoms with Crippen LogP contribution in [0.3, 0.4) is 0 Å². The van der Waals surface area contributed by atoms with E-state index in [0.717, 1.165) is 41.0 Å². The molecular formula is C32H26F6N2O4. The van der Waals surface area contributed by atoms with Crippen LogP contribution in [0.15, 0.2) is 67.7 Å². The molecule has 0 fully saturated rings. The van der Waals surface area contributed by atoms with E-state index in [0.29, 0.717) is 10.6 Å². The largest absolute Gasteiger partial charge is 0.417 e. The van der Waals surface area contributed by atoms with Crippen LogP contribution < -0.4 is 22.2 Å². The van der Waals surface area contributed by atoms with Crippen LogP contribution in [-0.2, 0) is 23.3 Å². The maximum Gasteiger partial charge on any atom is 0.417 e. The van der Waals surface area contributed by atoms with E-state index < -0.39 is 73.5 Å². The molecule has 3 aromatic carbocycles. The van der Waals surface area contributed by atoms with Gasteiger partial charge < -0.3 is 0 Å². The lowest BCUT2D eigenvalue weighted by atomic mass is 9.83. The van der Waals surface area contributed by atoms with Crippen molar-refractivity contribution in [1.82, 2.24) is 9.13 Å². The van der Waals surface area contributed by atoms with Crippen molar-refractivity contribution in [2.75, 3.05) is 0 Å². The van der Waals surface area contributed by atoms with Gasteiger partial charge in [-0.1, -0.05) is 39.0 Å². The van der Waals surface area contributed by atoms with Gasteiger partial charge in [0.25, 0.3) is 22.2 Å². The van der Waals surface area contributed by atoms with Crippen molar-refractivity contribution in [2.45, 2.75) is 64.8 Å². The molecule has 0 aliphatic carbocycles. The molecule has 2 aromatic heterocycles. The summed E-state index contributed by atoms with van der Waals surface area (Å²) in [6.45, 7) is 9.88. The molecule has 0 atom stereocenters. The molecule has 44 heavy (non-hydrogen) atoms. The summed E-state index contributed by atoms with van der Waals surface area (Å²) in [7, 11) is 0. The number of rotatable bonds is 2. The number of nitrogens with zero attached hydrogens (tertiary/aromatic N) is 2. The van der Waals surface area contributed by atoms with Crippen LogP contribution >= 0.6 is 0 Å². The lowest BCUT2D eigenvalue weighted by Crippen LogP contribution is -2.38. The predicted molar refractivity (Wildman–Crippen MR) is 155 cm³/mol. The number of hydrogen-bond acceptors (Lipinski definition) is 4. The van der Waals surface area contributed by atoms with Crippen molar-refractivity contribution in [3.05, 3.63) is 107 Å². The second-order valence-corrected chi connectivity index (χ2v) is 12.7. The third kappa shape index (κ3) is 4.86. The minimum Gasteiger partial charge on any atom is -0.269 e. The van der Waals surface area contributed by atoms with Gasteiger partial charge in [0.05, 0.1) is 38.4 Å². The number of hydrogen-bond donors (Lipinski definition) is 0. The molecule has 230 valence electrons. The van der Waals surface area contributed by atoms with Crippen molar-refractivity contribution in [3.63, 3.8) is 0 Å². The maximum absolute atomic E-state index is 14.4. The first-order valence-corrected chi connectivity index (χ1v) is 13.4. The maximum atomic E-state index is 14.4. The monoisotopic (exact) mass is 616 g/mol. The van der Waals surface area contributed by atoms with Crippen LogP contribution in [0.2, 0.25) is 0 Å². The fraction of sp³-hybridized carbons (Fsp3) is 0.312. The quantitative estimate of drug-likeness (QED) is 0.208. The zero-order valence-corrected chi connectivity index (χ0v) is 24.4. The van der Waals surface area contributed by atoms with Crippen molar-refractivity contribution in [2.24, 2.45) is 0 Å². The molecule has 0 spiro atoms. The van der Waals surface area contributed by atoms with Gasteiger partial charge in [0, 0.05) is 5.54 Å². The second-order valence-electron chi connectivity index (χ2n) is 12.7. The van der Waals surface area contributed by atoms with Crippen LogP contribution in [0.5, 0.6) is 0 Å². The van der Waals surface area contributed by atoms with E-state index in [2.05, 4.69) is 0 Å². The highest BCUT2D eigenvalue weighted by atomic mass is 19.4. The molecule has 6 nitrogen and oxygen atoms in total. The number of alkyl halides is 6. The molecule has 0 saturated heterocycles. The molecule has 2 heterocycles. The minimum absolute atomic E-state index is 0.128. The van der Waals surface area contributed by atoms with Crippen molar-refractivity contribution in [3.8, 4) is 16.8 Å². The molecule has 0 unspecified atom stereocenters. The van der Waals surface area contributed by atoms with Gasteiger partial charge in [-0.2, -0.15) is 26.3 Å². The Morgan fingerprint density at radius 2 is 0.932 bits per heavy atom. The van der Waals surface area contributed by atoms with E-state index in [1.54, 1.807) is 41.5 Å². The van der Waals surface area contributed by atoms with Gasteiger partial charge in [-0.05, 0) is 73.2 Å². The summed E-state index contributed by atoms with van der Waals surface area (Å²) in [5.41, 5.74) is -9.66. The zero-order chi connectivity index (χ0) is 32.9. The molecule has 0 aliphatic rings. The van der Waals surface area contributed by atoms with Crippen LogP contribution in [0, 0.1) is 0 Å². The third-order valence-corrected chi connectivity index (χ3v) is 7.61. The number of fused-ring (bicyclic) bond motifs is 2. The predicted octanol–water partition coefficient (Wildman–Crippen LogP) is 6.66. The average Bonchev–Trinajstić information content (AvgIpc) is 3.29. The molecule has 12 heteroatoms.